The summed E-state index contributed by atoms with van der Waals surface area (Å²) in [4.78, 5) is 87.5. The van der Waals surface area contributed by atoms with Crippen LogP contribution in [0.3, 0.4) is 0 Å². The van der Waals surface area contributed by atoms with Crippen LogP contribution >= 0.6 is 0 Å². The Morgan fingerprint density at radius 2 is 0.623 bits per heavy atom. The lowest BCUT2D eigenvalue weighted by Crippen LogP contribution is -2.43. The van der Waals surface area contributed by atoms with Crippen LogP contribution in [0.4, 0.5) is 48.5 Å². The van der Waals surface area contributed by atoms with Crippen molar-refractivity contribution in [3.8, 4) is 0 Å². The van der Waals surface area contributed by atoms with Crippen molar-refractivity contribution in [2.45, 2.75) is 32.6 Å². The summed E-state index contributed by atoms with van der Waals surface area (Å²) in [5, 5.41) is 0. The third kappa shape index (κ3) is 14.1. The van der Waals surface area contributed by atoms with Crippen LogP contribution in [0.15, 0.2) is 161 Å². The summed E-state index contributed by atoms with van der Waals surface area (Å²) in [6.45, 7) is 1.07. The predicted octanol–water partition coefficient (Wildman–Crippen LogP) is 10.9. The maximum absolute atomic E-state index is 13.6. The van der Waals surface area contributed by atoms with Gasteiger partial charge in [-0.2, -0.15) is 15.0 Å². The number of ether oxygens (including phenoxy) is 3. The number of aliphatic imine (C=N–C) groups is 3. The number of amides is 3. The lowest BCUT2D eigenvalue weighted by atomic mass is 9.88. The summed E-state index contributed by atoms with van der Waals surface area (Å²) in [5.41, 5.74) is 8.14. The standard InChI is InChI=1S/C54H50N6O9/c1-5-54(33-67-51(64)58(2)48-24-12-42(13-25-48)30-39-6-18-45(19-7-39)55-36-61,34-68-52(65)59(3)49-26-14-43(15-27-49)31-40-8-20-46(21-9-40)56-37-62)35-69-53(66)60(4)50-28-16-44(17-29-50)32-41-10-22-47(23-11-41)57-38-63/h6-29H,5,30-35H2,1-4H3. The number of hydrogen-bond donors (Lipinski definition) is 0. The largest absolute Gasteiger partial charge is 0.448 e. The Labute approximate surface area is 400 Å². The first kappa shape index (κ1) is 49.7. The summed E-state index contributed by atoms with van der Waals surface area (Å²) in [6.07, 6.45) is 4.73. The van der Waals surface area contributed by atoms with Gasteiger partial charge in [-0.1, -0.05) is 79.7 Å². The molecule has 0 saturated heterocycles. The molecule has 0 aliphatic carbocycles. The monoisotopic (exact) mass is 926 g/mol. The molecule has 0 aliphatic rings. The van der Waals surface area contributed by atoms with E-state index >= 15 is 0 Å². The van der Waals surface area contributed by atoms with Crippen molar-refractivity contribution in [3.05, 3.63) is 179 Å². The van der Waals surface area contributed by atoms with Crippen LogP contribution in [0, 0.1) is 5.41 Å². The molecule has 6 rings (SSSR count). The predicted molar refractivity (Wildman–Crippen MR) is 262 cm³/mol. The summed E-state index contributed by atoms with van der Waals surface area (Å²) in [7, 11) is 4.75. The Bertz CT molecular complexity index is 2530. The van der Waals surface area contributed by atoms with Crippen molar-refractivity contribution in [1.82, 2.24) is 0 Å². The molecular weight excluding hydrogens is 877 g/mol. The Hall–Kier alpha value is -8.73. The molecule has 69 heavy (non-hydrogen) atoms. The lowest BCUT2D eigenvalue weighted by molar-refractivity contribution is -0.0135. The highest BCUT2D eigenvalue weighted by atomic mass is 16.6. The van der Waals surface area contributed by atoms with Gasteiger partial charge < -0.3 is 14.2 Å². The molecule has 0 fully saturated rings. The van der Waals surface area contributed by atoms with Gasteiger partial charge in [0.2, 0.25) is 18.2 Å². The van der Waals surface area contributed by atoms with Crippen LogP contribution < -0.4 is 14.7 Å². The zero-order chi connectivity index (χ0) is 49.2. The van der Waals surface area contributed by atoms with E-state index < -0.39 is 23.7 Å². The van der Waals surface area contributed by atoms with Gasteiger partial charge in [-0.05, 0) is 132 Å². The van der Waals surface area contributed by atoms with Crippen molar-refractivity contribution in [3.63, 3.8) is 0 Å². The van der Waals surface area contributed by atoms with Gasteiger partial charge in [0.1, 0.15) is 19.8 Å². The second-order valence-corrected chi connectivity index (χ2v) is 16.3. The zero-order valence-corrected chi connectivity index (χ0v) is 38.7. The Morgan fingerprint density at radius 1 is 0.406 bits per heavy atom. The number of anilines is 3. The van der Waals surface area contributed by atoms with Gasteiger partial charge in [0.25, 0.3) is 0 Å². The third-order valence-corrected chi connectivity index (χ3v) is 11.6. The van der Waals surface area contributed by atoms with E-state index in [0.717, 1.165) is 33.4 Å². The molecule has 0 aliphatic heterocycles. The van der Waals surface area contributed by atoms with E-state index in [1.807, 2.05) is 79.7 Å². The van der Waals surface area contributed by atoms with E-state index in [1.165, 1.54) is 32.9 Å². The van der Waals surface area contributed by atoms with Crippen molar-refractivity contribution in [1.29, 1.82) is 0 Å². The number of carbonyl (C=O) groups excluding carboxylic acids is 6. The third-order valence-electron chi connectivity index (χ3n) is 11.6. The van der Waals surface area contributed by atoms with Gasteiger partial charge in [-0.3, -0.25) is 14.7 Å². The van der Waals surface area contributed by atoms with Crippen molar-refractivity contribution in [2.24, 2.45) is 20.4 Å². The average molecular weight is 927 g/mol. The maximum atomic E-state index is 13.6. The Kier molecular flexibility index (Phi) is 17.4. The summed E-state index contributed by atoms with van der Waals surface area (Å²) in [5.74, 6) is 0. The number of rotatable bonds is 19. The van der Waals surface area contributed by atoms with E-state index in [9.17, 15) is 28.8 Å². The van der Waals surface area contributed by atoms with Gasteiger partial charge in [-0.15, -0.1) is 0 Å². The molecule has 15 heteroatoms. The van der Waals surface area contributed by atoms with Crippen LogP contribution in [-0.4, -0.2) is 77.5 Å². The quantitative estimate of drug-likeness (QED) is 0.0434. The first-order valence-electron chi connectivity index (χ1n) is 21.9. The van der Waals surface area contributed by atoms with Crippen molar-refractivity contribution >= 4 is 70.6 Å². The van der Waals surface area contributed by atoms with Crippen LogP contribution in [0.25, 0.3) is 0 Å². The number of carbonyl (C=O) groups is 3. The van der Waals surface area contributed by atoms with Gasteiger partial charge in [-0.25, -0.2) is 28.8 Å². The first-order chi connectivity index (χ1) is 33.4. The highest BCUT2D eigenvalue weighted by Crippen LogP contribution is 2.28. The zero-order valence-electron chi connectivity index (χ0n) is 38.7. The minimum absolute atomic E-state index is 0.253. The molecular formula is C54H50N6O9. The molecule has 0 spiro atoms. The molecule has 6 aromatic rings. The summed E-state index contributed by atoms with van der Waals surface area (Å²) in [6, 6.07) is 43.9. The smallest absolute Gasteiger partial charge is 0.414 e. The second kappa shape index (κ2) is 24.2. The number of isocyanates is 3. The topological polar surface area (TPSA) is 177 Å². The van der Waals surface area contributed by atoms with Crippen LogP contribution in [-0.2, 0) is 47.9 Å². The van der Waals surface area contributed by atoms with E-state index in [4.69, 9.17) is 14.2 Å². The van der Waals surface area contributed by atoms with Gasteiger partial charge >= 0.3 is 18.3 Å². The maximum Gasteiger partial charge on any atom is 0.414 e. The molecule has 0 atom stereocenters. The fraction of sp³-hybridized carbons (Fsp3) is 0.222. The van der Waals surface area contributed by atoms with Crippen molar-refractivity contribution in [2.75, 3.05) is 55.7 Å². The Balaban J connectivity index is 1.11. The van der Waals surface area contributed by atoms with Crippen molar-refractivity contribution < 1.29 is 43.0 Å². The molecule has 0 aromatic heterocycles. The molecule has 350 valence electrons. The van der Waals surface area contributed by atoms with Gasteiger partial charge in [0.15, 0.2) is 0 Å². The Morgan fingerprint density at radius 3 is 0.826 bits per heavy atom. The minimum atomic E-state index is -1.15. The molecule has 15 nitrogen and oxygen atoms in total. The highest BCUT2D eigenvalue weighted by molar-refractivity contribution is 5.88. The summed E-state index contributed by atoms with van der Waals surface area (Å²) < 4.78 is 17.7. The van der Waals surface area contributed by atoms with Crippen LogP contribution in [0.2, 0.25) is 0 Å². The second-order valence-electron chi connectivity index (χ2n) is 16.3. The molecule has 0 N–H and O–H groups in total. The molecule has 3 amide bonds. The van der Waals surface area contributed by atoms with E-state index in [0.29, 0.717) is 59.8 Å². The molecule has 0 heterocycles. The fourth-order valence-electron chi connectivity index (χ4n) is 7.12. The summed E-state index contributed by atoms with van der Waals surface area (Å²) >= 11 is 0. The molecule has 6 aromatic carbocycles. The van der Waals surface area contributed by atoms with Crippen LogP contribution in [0.1, 0.15) is 46.7 Å². The SMILES string of the molecule is CCC(COC(=O)N(C)c1ccc(Cc2ccc(N=C=O)cc2)cc1)(COC(=O)N(C)c1ccc(Cc2ccc(N=C=O)cc2)cc1)COC(=O)N(C)c1ccc(Cc2ccc(N=C=O)cc2)cc1. The van der Waals surface area contributed by atoms with Crippen LogP contribution in [0.5, 0.6) is 0 Å². The van der Waals surface area contributed by atoms with Gasteiger partial charge in [0, 0.05) is 38.2 Å². The molecule has 0 unspecified atom stereocenters. The number of hydrogen-bond acceptors (Lipinski definition) is 12. The van der Waals surface area contributed by atoms with E-state index in [1.54, 1.807) is 93.9 Å². The first-order valence-corrected chi connectivity index (χ1v) is 21.9. The van der Waals surface area contributed by atoms with E-state index in [2.05, 4.69) is 15.0 Å². The molecule has 0 radical (unpaired) electrons. The number of benzene rings is 6. The molecule has 0 bridgehead atoms. The fourth-order valence-corrected chi connectivity index (χ4v) is 7.12. The minimum Gasteiger partial charge on any atom is -0.448 e. The average Bonchev–Trinajstić information content (AvgIpc) is 3.38. The highest BCUT2D eigenvalue weighted by Gasteiger charge is 2.36. The number of nitrogens with zero attached hydrogens (tertiary/aromatic N) is 6. The van der Waals surface area contributed by atoms with Gasteiger partial charge in [0.05, 0.1) is 22.5 Å². The normalized spacial score (nSPS) is 11.3. The lowest BCUT2D eigenvalue weighted by Gasteiger charge is -2.33. The van der Waals surface area contributed by atoms with E-state index in [-0.39, 0.29) is 19.8 Å². The molecule has 0 saturated carbocycles.